The second-order valence-corrected chi connectivity index (χ2v) is 6.59. The average molecular weight is 390 g/mol. The minimum atomic E-state index is -0.494. The Hall–Kier alpha value is -2.97. The first kappa shape index (κ1) is 17.8. The summed E-state index contributed by atoms with van der Waals surface area (Å²) in [6.45, 7) is 0. The SMILES string of the molecule is COc1ccc(/C=N/NC(=O)c2sc3cc([N+](=O)[O-])ccc3c2Cl)cc1. The van der Waals surface area contributed by atoms with Crippen molar-refractivity contribution in [2.24, 2.45) is 5.10 Å². The van der Waals surface area contributed by atoms with Gasteiger partial charge in [0.1, 0.15) is 10.6 Å². The average Bonchev–Trinajstić information content (AvgIpc) is 2.98. The van der Waals surface area contributed by atoms with Crippen LogP contribution in [0.15, 0.2) is 47.6 Å². The van der Waals surface area contributed by atoms with Gasteiger partial charge in [-0.15, -0.1) is 11.3 Å². The number of thiophene rings is 1. The summed E-state index contributed by atoms with van der Waals surface area (Å²) in [6, 6.07) is 11.4. The molecule has 0 bridgehead atoms. The molecule has 0 atom stereocenters. The Labute approximate surface area is 157 Å². The zero-order chi connectivity index (χ0) is 18.7. The third-order valence-electron chi connectivity index (χ3n) is 3.53. The van der Waals surface area contributed by atoms with Gasteiger partial charge in [0.25, 0.3) is 11.6 Å². The summed E-state index contributed by atoms with van der Waals surface area (Å²) in [5.41, 5.74) is 3.13. The van der Waals surface area contributed by atoms with Crippen molar-refractivity contribution >= 4 is 50.8 Å². The standard InChI is InChI=1S/C17H12ClN3O4S/c1-25-12-5-2-10(3-6-12)9-19-20-17(22)16-15(18)13-7-4-11(21(23)24)8-14(13)26-16/h2-9H,1H3,(H,20,22)/b19-9+. The molecule has 26 heavy (non-hydrogen) atoms. The fraction of sp³-hybridized carbons (Fsp3) is 0.0588. The fourth-order valence-electron chi connectivity index (χ4n) is 2.22. The van der Waals surface area contributed by atoms with E-state index in [4.69, 9.17) is 16.3 Å². The third-order valence-corrected chi connectivity index (χ3v) is 5.18. The molecule has 0 radical (unpaired) electrons. The van der Waals surface area contributed by atoms with Crippen molar-refractivity contribution in [2.75, 3.05) is 7.11 Å². The van der Waals surface area contributed by atoms with Gasteiger partial charge in [-0.05, 0) is 35.9 Å². The molecule has 7 nitrogen and oxygen atoms in total. The van der Waals surface area contributed by atoms with Gasteiger partial charge in [0.05, 0.1) is 23.3 Å². The van der Waals surface area contributed by atoms with E-state index in [2.05, 4.69) is 10.5 Å². The van der Waals surface area contributed by atoms with E-state index in [1.807, 2.05) is 0 Å². The maximum absolute atomic E-state index is 12.3. The Bertz CT molecular complexity index is 1010. The maximum atomic E-state index is 12.3. The van der Waals surface area contributed by atoms with Gasteiger partial charge in [-0.25, -0.2) is 5.43 Å². The zero-order valence-electron chi connectivity index (χ0n) is 13.4. The molecule has 0 spiro atoms. The summed E-state index contributed by atoms with van der Waals surface area (Å²) in [7, 11) is 1.58. The molecule has 3 aromatic rings. The number of carbonyl (C=O) groups excluding carboxylic acids is 1. The Morgan fingerprint density at radius 1 is 1.31 bits per heavy atom. The molecule has 0 aliphatic heterocycles. The summed E-state index contributed by atoms with van der Waals surface area (Å²) in [4.78, 5) is 22.9. The number of ether oxygens (including phenoxy) is 1. The van der Waals surface area contributed by atoms with Gasteiger partial charge in [0, 0.05) is 22.2 Å². The van der Waals surface area contributed by atoms with Crippen molar-refractivity contribution in [3.8, 4) is 5.75 Å². The predicted molar refractivity (Wildman–Crippen MR) is 102 cm³/mol. The molecule has 0 unspecified atom stereocenters. The van der Waals surface area contributed by atoms with E-state index in [9.17, 15) is 14.9 Å². The molecule has 1 N–H and O–H groups in total. The number of nitrogens with one attached hydrogen (secondary N) is 1. The summed E-state index contributed by atoms with van der Waals surface area (Å²) < 4.78 is 5.63. The van der Waals surface area contributed by atoms with Gasteiger partial charge < -0.3 is 4.74 Å². The molecule has 0 saturated heterocycles. The van der Waals surface area contributed by atoms with Crippen LogP contribution >= 0.6 is 22.9 Å². The number of non-ortho nitro benzene ring substituents is 1. The highest BCUT2D eigenvalue weighted by molar-refractivity contribution is 7.21. The molecular formula is C17H12ClN3O4S. The lowest BCUT2D eigenvalue weighted by Crippen LogP contribution is -2.16. The molecule has 1 amide bonds. The number of fused-ring (bicyclic) bond motifs is 1. The number of hydrogen-bond acceptors (Lipinski definition) is 6. The van der Waals surface area contributed by atoms with Crippen molar-refractivity contribution in [2.45, 2.75) is 0 Å². The number of nitro groups is 1. The molecule has 9 heteroatoms. The van der Waals surface area contributed by atoms with Crippen molar-refractivity contribution in [1.82, 2.24) is 5.43 Å². The smallest absolute Gasteiger partial charge is 0.283 e. The van der Waals surface area contributed by atoms with Crippen LogP contribution in [0.2, 0.25) is 5.02 Å². The highest BCUT2D eigenvalue weighted by Crippen LogP contribution is 2.37. The Kier molecular flexibility index (Phi) is 5.15. The minimum Gasteiger partial charge on any atom is -0.497 e. The van der Waals surface area contributed by atoms with E-state index in [1.165, 1.54) is 24.4 Å². The van der Waals surface area contributed by atoms with Gasteiger partial charge in [0.15, 0.2) is 0 Å². The molecular weight excluding hydrogens is 378 g/mol. The van der Waals surface area contributed by atoms with Crippen molar-refractivity contribution in [3.63, 3.8) is 0 Å². The molecule has 1 aromatic heterocycles. The first-order chi connectivity index (χ1) is 12.5. The molecule has 132 valence electrons. The van der Waals surface area contributed by atoms with E-state index in [0.29, 0.717) is 10.1 Å². The largest absolute Gasteiger partial charge is 0.497 e. The van der Waals surface area contributed by atoms with Gasteiger partial charge >= 0.3 is 0 Å². The summed E-state index contributed by atoms with van der Waals surface area (Å²) in [5, 5.41) is 15.6. The van der Waals surface area contributed by atoms with Crippen LogP contribution in [-0.4, -0.2) is 24.2 Å². The topological polar surface area (TPSA) is 93.8 Å². The molecule has 0 fully saturated rings. The lowest BCUT2D eigenvalue weighted by atomic mass is 10.2. The van der Waals surface area contributed by atoms with Crippen LogP contribution in [0.3, 0.4) is 0 Å². The lowest BCUT2D eigenvalue weighted by Gasteiger charge is -1.99. The number of carbonyl (C=O) groups is 1. The van der Waals surface area contributed by atoms with Crippen LogP contribution in [0.25, 0.3) is 10.1 Å². The number of amides is 1. The third kappa shape index (κ3) is 3.66. The van der Waals surface area contributed by atoms with Crippen LogP contribution in [0, 0.1) is 10.1 Å². The highest BCUT2D eigenvalue weighted by Gasteiger charge is 2.18. The van der Waals surface area contributed by atoms with E-state index < -0.39 is 10.8 Å². The number of benzene rings is 2. The normalized spacial score (nSPS) is 11.0. The maximum Gasteiger partial charge on any atom is 0.283 e. The highest BCUT2D eigenvalue weighted by atomic mass is 35.5. The van der Waals surface area contributed by atoms with E-state index in [-0.39, 0.29) is 15.6 Å². The number of hydrazone groups is 1. The van der Waals surface area contributed by atoms with Gasteiger partial charge in [-0.3, -0.25) is 14.9 Å². The second kappa shape index (κ2) is 7.51. The Morgan fingerprint density at radius 2 is 2.04 bits per heavy atom. The Morgan fingerprint density at radius 3 is 2.69 bits per heavy atom. The van der Waals surface area contributed by atoms with Gasteiger partial charge in [-0.2, -0.15) is 5.10 Å². The number of hydrogen-bond donors (Lipinski definition) is 1. The zero-order valence-corrected chi connectivity index (χ0v) is 15.0. The van der Waals surface area contributed by atoms with Gasteiger partial charge in [0.2, 0.25) is 0 Å². The number of methoxy groups -OCH3 is 1. The summed E-state index contributed by atoms with van der Waals surface area (Å²) >= 11 is 7.30. The van der Waals surface area contributed by atoms with Crippen LogP contribution in [0.1, 0.15) is 15.2 Å². The molecule has 3 rings (SSSR count). The molecule has 0 aliphatic carbocycles. The number of rotatable bonds is 5. The minimum absolute atomic E-state index is 0.0556. The van der Waals surface area contributed by atoms with E-state index in [1.54, 1.807) is 31.4 Å². The molecule has 1 heterocycles. The number of halogens is 1. The monoisotopic (exact) mass is 389 g/mol. The van der Waals surface area contributed by atoms with Crippen LogP contribution < -0.4 is 10.2 Å². The van der Waals surface area contributed by atoms with Crippen LogP contribution in [0.5, 0.6) is 5.75 Å². The predicted octanol–water partition coefficient (Wildman–Crippen LogP) is 4.24. The first-order valence-electron chi connectivity index (χ1n) is 7.33. The molecule has 2 aromatic carbocycles. The second-order valence-electron chi connectivity index (χ2n) is 5.16. The van der Waals surface area contributed by atoms with Crippen LogP contribution in [-0.2, 0) is 0 Å². The quantitative estimate of drug-likeness (QED) is 0.401. The fourth-order valence-corrected chi connectivity index (χ4v) is 3.66. The summed E-state index contributed by atoms with van der Waals surface area (Å²) in [6.07, 6.45) is 1.49. The summed E-state index contributed by atoms with van der Waals surface area (Å²) in [5.74, 6) is 0.237. The molecule has 0 aliphatic rings. The first-order valence-corrected chi connectivity index (χ1v) is 8.53. The van der Waals surface area contributed by atoms with Crippen molar-refractivity contribution < 1.29 is 14.5 Å². The van der Waals surface area contributed by atoms with Gasteiger partial charge in [-0.1, -0.05) is 11.6 Å². The Balaban J connectivity index is 1.77. The molecule has 0 saturated carbocycles. The van der Waals surface area contributed by atoms with Crippen LogP contribution in [0.4, 0.5) is 5.69 Å². The van der Waals surface area contributed by atoms with Crippen molar-refractivity contribution in [1.29, 1.82) is 0 Å². The lowest BCUT2D eigenvalue weighted by molar-refractivity contribution is -0.384. The number of nitro benzene ring substituents is 1. The van der Waals surface area contributed by atoms with Crippen molar-refractivity contribution in [3.05, 3.63) is 68.0 Å². The number of nitrogens with zero attached hydrogens (tertiary/aromatic N) is 2. The van der Waals surface area contributed by atoms with E-state index in [0.717, 1.165) is 22.6 Å². The van der Waals surface area contributed by atoms with E-state index >= 15 is 0 Å².